The minimum atomic E-state index is -1.62. The Balaban J connectivity index is 1.82. The van der Waals surface area contributed by atoms with Crippen molar-refractivity contribution >= 4 is 17.6 Å². The standard InChI is InChI=1S/C29H35N3O8/c1-19-25(27(34)35)29(26(28(36)37)20(2)31(19)3,21-10-9-11-22(16-21)32(38)39)14-7-8-15-30-17-23(33)18-40-24-12-5-4-6-13-24/h4-6,9-13,16,23,30,33H,7-8,14-15,17-18H2,1-3H3,(H,34,35)(H,36,37). The Hall–Kier alpha value is -4.22. The molecule has 0 saturated carbocycles. The molecule has 0 spiro atoms. The van der Waals surface area contributed by atoms with Crippen LogP contribution in [0.1, 0.15) is 38.7 Å². The molecule has 0 amide bonds. The Labute approximate surface area is 232 Å². The lowest BCUT2D eigenvalue weighted by Gasteiger charge is -2.44. The zero-order chi connectivity index (χ0) is 29.4. The van der Waals surface area contributed by atoms with Crippen molar-refractivity contribution in [2.45, 2.75) is 44.6 Å². The van der Waals surface area contributed by atoms with Crippen LogP contribution in [0.5, 0.6) is 5.75 Å². The number of hydrogen-bond acceptors (Lipinski definition) is 8. The number of carbonyl (C=O) groups is 2. The Morgan fingerprint density at radius 3 is 2.23 bits per heavy atom. The molecule has 214 valence electrons. The van der Waals surface area contributed by atoms with Crippen LogP contribution >= 0.6 is 0 Å². The van der Waals surface area contributed by atoms with Crippen molar-refractivity contribution in [3.8, 4) is 5.75 Å². The van der Waals surface area contributed by atoms with Crippen molar-refractivity contribution in [1.29, 1.82) is 0 Å². The van der Waals surface area contributed by atoms with Gasteiger partial charge in [-0.15, -0.1) is 0 Å². The van der Waals surface area contributed by atoms with Crippen LogP contribution in [0, 0.1) is 10.1 Å². The number of hydrogen-bond donors (Lipinski definition) is 4. The predicted octanol–water partition coefficient (Wildman–Crippen LogP) is 3.70. The van der Waals surface area contributed by atoms with Gasteiger partial charge in [-0.1, -0.05) is 36.8 Å². The average Bonchev–Trinajstić information content (AvgIpc) is 2.92. The quantitative estimate of drug-likeness (QED) is 0.154. The van der Waals surface area contributed by atoms with E-state index in [0.717, 1.165) is 0 Å². The van der Waals surface area contributed by atoms with Crippen molar-refractivity contribution in [1.82, 2.24) is 10.2 Å². The molecule has 1 heterocycles. The normalized spacial score (nSPS) is 15.7. The summed E-state index contributed by atoms with van der Waals surface area (Å²) in [7, 11) is 1.60. The van der Waals surface area contributed by atoms with Crippen molar-refractivity contribution in [2.24, 2.45) is 0 Å². The maximum atomic E-state index is 12.7. The number of ether oxygens (including phenoxy) is 1. The van der Waals surface area contributed by atoms with Gasteiger partial charge in [0, 0.05) is 37.1 Å². The molecular formula is C29H35N3O8. The third-order valence-electron chi connectivity index (χ3n) is 7.28. The molecule has 40 heavy (non-hydrogen) atoms. The smallest absolute Gasteiger partial charge is 0.334 e. The van der Waals surface area contributed by atoms with Gasteiger partial charge in [0.1, 0.15) is 18.5 Å². The summed E-state index contributed by atoms with van der Waals surface area (Å²) in [5.41, 5.74) is -1.16. The summed E-state index contributed by atoms with van der Waals surface area (Å²) in [6, 6.07) is 14.7. The Morgan fingerprint density at radius 1 is 1.02 bits per heavy atom. The highest BCUT2D eigenvalue weighted by Gasteiger charge is 2.51. The van der Waals surface area contributed by atoms with Crippen LogP contribution in [-0.2, 0) is 15.0 Å². The number of nitro benzene ring substituents is 1. The number of nitrogens with one attached hydrogen (secondary N) is 1. The monoisotopic (exact) mass is 553 g/mol. The van der Waals surface area contributed by atoms with Gasteiger partial charge in [-0.05, 0) is 50.9 Å². The first kappa shape index (κ1) is 30.3. The van der Waals surface area contributed by atoms with E-state index in [2.05, 4.69) is 5.32 Å². The number of unbranched alkanes of at least 4 members (excludes halogenated alkanes) is 1. The van der Waals surface area contributed by atoms with Gasteiger partial charge in [-0.2, -0.15) is 0 Å². The summed E-state index contributed by atoms with van der Waals surface area (Å²) in [5.74, 6) is -1.93. The van der Waals surface area contributed by atoms with Crippen LogP contribution in [0.25, 0.3) is 0 Å². The fourth-order valence-corrected chi connectivity index (χ4v) is 5.25. The van der Waals surface area contributed by atoms with E-state index < -0.39 is 28.4 Å². The van der Waals surface area contributed by atoms with E-state index >= 15 is 0 Å². The zero-order valence-corrected chi connectivity index (χ0v) is 22.8. The number of allylic oxidation sites excluding steroid dienone is 2. The number of aliphatic carboxylic acids is 2. The molecule has 1 atom stereocenters. The zero-order valence-electron chi connectivity index (χ0n) is 22.8. The summed E-state index contributed by atoms with van der Waals surface area (Å²) in [6.07, 6.45) is 0.293. The van der Waals surface area contributed by atoms with Gasteiger partial charge in [0.15, 0.2) is 0 Å². The Morgan fingerprint density at radius 2 is 1.65 bits per heavy atom. The molecule has 2 aromatic rings. The largest absolute Gasteiger partial charge is 0.491 e. The van der Waals surface area contributed by atoms with Gasteiger partial charge in [0.05, 0.1) is 21.5 Å². The number of rotatable bonds is 14. The number of aliphatic hydroxyl groups excluding tert-OH is 1. The summed E-state index contributed by atoms with van der Waals surface area (Å²) < 4.78 is 5.55. The van der Waals surface area contributed by atoms with E-state index in [9.17, 15) is 35.0 Å². The van der Waals surface area contributed by atoms with E-state index in [1.54, 1.807) is 39.1 Å². The van der Waals surface area contributed by atoms with Crippen LogP contribution < -0.4 is 10.1 Å². The lowest BCUT2D eigenvalue weighted by molar-refractivity contribution is -0.385. The van der Waals surface area contributed by atoms with E-state index in [4.69, 9.17) is 4.74 Å². The topological polar surface area (TPSA) is 162 Å². The molecule has 1 unspecified atom stereocenters. The van der Waals surface area contributed by atoms with Gasteiger partial charge >= 0.3 is 11.9 Å². The molecule has 0 bridgehead atoms. The number of nitro groups is 1. The number of aliphatic hydroxyl groups is 1. The second-order valence-electron chi connectivity index (χ2n) is 9.74. The van der Waals surface area contributed by atoms with Crippen molar-refractivity contribution in [3.05, 3.63) is 92.8 Å². The van der Waals surface area contributed by atoms with Gasteiger partial charge in [-0.3, -0.25) is 10.1 Å². The summed E-state index contributed by atoms with van der Waals surface area (Å²) >= 11 is 0. The lowest BCUT2D eigenvalue weighted by atomic mass is 9.63. The van der Waals surface area contributed by atoms with Crippen LogP contribution in [-0.4, -0.2) is 69.9 Å². The first-order valence-electron chi connectivity index (χ1n) is 12.9. The fraction of sp³-hybridized carbons (Fsp3) is 0.379. The van der Waals surface area contributed by atoms with E-state index in [0.29, 0.717) is 36.5 Å². The molecule has 4 N–H and O–H groups in total. The molecule has 0 aliphatic carbocycles. The Bertz CT molecular complexity index is 1270. The van der Waals surface area contributed by atoms with Crippen LogP contribution in [0.4, 0.5) is 5.69 Å². The van der Waals surface area contributed by atoms with E-state index in [1.165, 1.54) is 23.1 Å². The van der Waals surface area contributed by atoms with Crippen molar-refractivity contribution in [2.75, 3.05) is 26.7 Å². The second kappa shape index (κ2) is 13.2. The molecule has 0 fully saturated rings. The highest BCUT2D eigenvalue weighted by molar-refractivity contribution is 6.00. The highest BCUT2D eigenvalue weighted by atomic mass is 16.6. The molecule has 2 aromatic carbocycles. The maximum absolute atomic E-state index is 12.7. The molecule has 0 saturated heterocycles. The molecule has 11 heteroatoms. The number of nitrogens with zero attached hydrogens (tertiary/aromatic N) is 2. The first-order valence-corrected chi connectivity index (χ1v) is 12.9. The summed E-state index contributed by atoms with van der Waals surface area (Å²) in [4.78, 5) is 37.9. The van der Waals surface area contributed by atoms with E-state index in [-0.39, 0.29) is 42.0 Å². The van der Waals surface area contributed by atoms with Crippen LogP contribution in [0.15, 0.2) is 77.1 Å². The first-order chi connectivity index (χ1) is 19.0. The third kappa shape index (κ3) is 6.49. The summed E-state index contributed by atoms with van der Waals surface area (Å²) in [5, 5.41) is 45.6. The van der Waals surface area contributed by atoms with Gasteiger partial charge < -0.3 is 30.3 Å². The van der Waals surface area contributed by atoms with Gasteiger partial charge in [-0.25, -0.2) is 9.59 Å². The fourth-order valence-electron chi connectivity index (χ4n) is 5.25. The molecule has 1 aliphatic heterocycles. The predicted molar refractivity (Wildman–Crippen MR) is 148 cm³/mol. The second-order valence-corrected chi connectivity index (χ2v) is 9.74. The minimum absolute atomic E-state index is 0.0985. The van der Waals surface area contributed by atoms with E-state index in [1.807, 2.05) is 18.2 Å². The van der Waals surface area contributed by atoms with Crippen LogP contribution in [0.3, 0.4) is 0 Å². The molecular weight excluding hydrogens is 518 g/mol. The highest BCUT2D eigenvalue weighted by Crippen LogP contribution is 2.50. The third-order valence-corrected chi connectivity index (χ3v) is 7.28. The lowest BCUT2D eigenvalue weighted by Crippen LogP contribution is -2.45. The number of non-ortho nitro benzene ring substituents is 1. The van der Waals surface area contributed by atoms with Crippen molar-refractivity contribution in [3.63, 3.8) is 0 Å². The van der Waals surface area contributed by atoms with Crippen LogP contribution in [0.2, 0.25) is 0 Å². The summed E-state index contributed by atoms with van der Waals surface area (Å²) in [6.45, 7) is 4.07. The minimum Gasteiger partial charge on any atom is -0.491 e. The number of para-hydroxylation sites is 1. The average molecular weight is 554 g/mol. The Kier molecular flexibility index (Phi) is 10.0. The molecule has 1 aliphatic rings. The molecule has 0 aromatic heterocycles. The maximum Gasteiger partial charge on any atom is 0.334 e. The van der Waals surface area contributed by atoms with Gasteiger partial charge in [0.2, 0.25) is 0 Å². The number of carboxylic acids is 2. The molecule has 3 rings (SSSR count). The molecule has 11 nitrogen and oxygen atoms in total. The molecule has 0 radical (unpaired) electrons. The SMILES string of the molecule is CC1=C(C(=O)O)C(CCCCNCC(O)COc2ccccc2)(c2cccc([N+](=O)[O-])c2)C(C(=O)O)=C(C)N1C. The number of carboxylic acid groups (broad SMARTS) is 2. The number of benzene rings is 2. The van der Waals surface area contributed by atoms with Crippen molar-refractivity contribution < 1.29 is 34.6 Å². The van der Waals surface area contributed by atoms with Gasteiger partial charge in [0.25, 0.3) is 5.69 Å².